The van der Waals surface area contributed by atoms with Crippen molar-refractivity contribution in [1.29, 1.82) is 0 Å². The molecule has 10 heteroatoms. The summed E-state index contributed by atoms with van der Waals surface area (Å²) in [4.78, 5) is 23.0. The first-order valence-corrected chi connectivity index (χ1v) is 10.1. The Bertz CT molecular complexity index is 1130. The van der Waals surface area contributed by atoms with Crippen molar-refractivity contribution in [2.24, 2.45) is 0 Å². The maximum atomic E-state index is 12.8. The van der Waals surface area contributed by atoms with Crippen LogP contribution in [0.5, 0.6) is 5.75 Å². The largest absolute Gasteiger partial charge is 0.487 e. The minimum absolute atomic E-state index is 0.0591. The van der Waals surface area contributed by atoms with Gasteiger partial charge in [0.05, 0.1) is 28.2 Å². The Hall–Kier alpha value is -3.43. The Kier molecular flexibility index (Phi) is 5.86. The second-order valence-corrected chi connectivity index (χ2v) is 7.79. The molecule has 2 aromatic heterocycles. The van der Waals surface area contributed by atoms with Gasteiger partial charge < -0.3 is 9.64 Å². The third-order valence-electron chi connectivity index (χ3n) is 5.43. The highest BCUT2D eigenvalue weighted by molar-refractivity contribution is 5.95. The lowest BCUT2D eigenvalue weighted by atomic mass is 10.1. The van der Waals surface area contributed by atoms with E-state index in [2.05, 4.69) is 20.2 Å². The first kappa shape index (κ1) is 21.8. The quantitative estimate of drug-likeness (QED) is 0.641. The van der Waals surface area contributed by atoms with Crippen molar-refractivity contribution in [1.82, 2.24) is 25.1 Å². The van der Waals surface area contributed by atoms with E-state index in [1.54, 1.807) is 24.9 Å². The number of hydrogen-bond acceptors (Lipinski definition) is 5. The molecule has 1 saturated heterocycles. The van der Waals surface area contributed by atoms with Gasteiger partial charge >= 0.3 is 6.18 Å². The molecule has 1 N–H and O–H groups in total. The maximum absolute atomic E-state index is 12.8. The van der Waals surface area contributed by atoms with Crippen LogP contribution in [0.3, 0.4) is 0 Å². The summed E-state index contributed by atoms with van der Waals surface area (Å²) in [5.74, 6) is 0.705. The lowest BCUT2D eigenvalue weighted by molar-refractivity contribution is -0.137. The molecule has 1 aliphatic heterocycles. The van der Waals surface area contributed by atoms with E-state index in [1.165, 1.54) is 12.1 Å². The molecule has 0 unspecified atom stereocenters. The predicted octanol–water partition coefficient (Wildman–Crippen LogP) is 4.04. The number of aromatic nitrogens is 4. The average Bonchev–Trinajstić information content (AvgIpc) is 3.41. The van der Waals surface area contributed by atoms with Crippen molar-refractivity contribution in [2.75, 3.05) is 13.1 Å². The second-order valence-electron chi connectivity index (χ2n) is 7.79. The lowest BCUT2D eigenvalue weighted by Crippen LogP contribution is -2.29. The molecule has 1 atom stereocenters. The molecule has 1 fully saturated rings. The summed E-state index contributed by atoms with van der Waals surface area (Å²) in [5.41, 5.74) is 1.82. The summed E-state index contributed by atoms with van der Waals surface area (Å²) in [6, 6.07) is 6.57. The summed E-state index contributed by atoms with van der Waals surface area (Å²) < 4.78 is 44.0. The highest BCUT2D eigenvalue weighted by atomic mass is 19.4. The van der Waals surface area contributed by atoms with E-state index in [4.69, 9.17) is 4.74 Å². The molecule has 1 aliphatic rings. The Morgan fingerprint density at radius 1 is 1.28 bits per heavy atom. The molecule has 4 rings (SSSR count). The Morgan fingerprint density at radius 2 is 2.09 bits per heavy atom. The van der Waals surface area contributed by atoms with Crippen LogP contribution in [0.4, 0.5) is 13.2 Å². The standard InChI is InChI=1S/C22H22F3N5O2/c1-13-19(10-26-14(2)27-13)21(31)30-7-6-15(11-30)20-9-17(28-29-20)12-32-18-5-3-4-16(8-18)22(23,24)25/h3-5,8-10,15H,6-7,11-12H2,1-2H3,(H,28,29)/t15-/m1/s1. The van der Waals surface area contributed by atoms with Crippen LogP contribution in [0.15, 0.2) is 36.5 Å². The van der Waals surface area contributed by atoms with Crippen LogP contribution in [0, 0.1) is 13.8 Å². The number of nitrogens with one attached hydrogen (secondary N) is 1. The van der Waals surface area contributed by atoms with Gasteiger partial charge in [-0.3, -0.25) is 9.89 Å². The fourth-order valence-electron chi connectivity index (χ4n) is 3.74. The van der Waals surface area contributed by atoms with Gasteiger partial charge in [-0.05, 0) is 44.5 Å². The van der Waals surface area contributed by atoms with Gasteiger partial charge in [-0.2, -0.15) is 18.3 Å². The number of amides is 1. The first-order valence-electron chi connectivity index (χ1n) is 10.1. The number of likely N-dealkylation sites (tertiary alicyclic amines) is 1. The molecule has 32 heavy (non-hydrogen) atoms. The normalized spacial score (nSPS) is 16.4. The first-order chi connectivity index (χ1) is 15.2. The summed E-state index contributed by atoms with van der Waals surface area (Å²) in [6.07, 6.45) is -2.10. The number of halogens is 3. The molecule has 3 heterocycles. The van der Waals surface area contributed by atoms with Crippen molar-refractivity contribution in [3.63, 3.8) is 0 Å². The number of hydrogen-bond donors (Lipinski definition) is 1. The van der Waals surface area contributed by atoms with Crippen molar-refractivity contribution in [3.05, 3.63) is 70.6 Å². The van der Waals surface area contributed by atoms with Crippen LogP contribution >= 0.6 is 0 Å². The van der Waals surface area contributed by atoms with Crippen LogP contribution in [0.25, 0.3) is 0 Å². The van der Waals surface area contributed by atoms with Gasteiger partial charge in [0.1, 0.15) is 18.2 Å². The Morgan fingerprint density at radius 3 is 2.84 bits per heavy atom. The summed E-state index contributed by atoms with van der Waals surface area (Å²) >= 11 is 0. The third-order valence-corrected chi connectivity index (χ3v) is 5.43. The van der Waals surface area contributed by atoms with E-state index in [9.17, 15) is 18.0 Å². The zero-order valence-electron chi connectivity index (χ0n) is 17.6. The monoisotopic (exact) mass is 445 g/mol. The number of carbonyl (C=O) groups excluding carboxylic acids is 1. The lowest BCUT2D eigenvalue weighted by Gasteiger charge is -2.17. The van der Waals surface area contributed by atoms with E-state index in [1.807, 2.05) is 6.07 Å². The minimum Gasteiger partial charge on any atom is -0.487 e. The van der Waals surface area contributed by atoms with Crippen LogP contribution in [-0.4, -0.2) is 44.1 Å². The number of aromatic amines is 1. The average molecular weight is 445 g/mol. The number of nitrogens with zero attached hydrogens (tertiary/aromatic N) is 4. The van der Waals surface area contributed by atoms with E-state index >= 15 is 0 Å². The number of ether oxygens (including phenoxy) is 1. The number of aryl methyl sites for hydroxylation is 2. The van der Waals surface area contributed by atoms with Crippen molar-refractivity contribution in [3.8, 4) is 5.75 Å². The summed E-state index contributed by atoms with van der Waals surface area (Å²) in [7, 11) is 0. The molecule has 0 saturated carbocycles. The SMILES string of the molecule is Cc1ncc(C(=O)N2CC[C@@H](c3cc(COc4cccc(C(F)(F)F)c4)[nH]n3)C2)c(C)n1. The number of alkyl halides is 3. The fourth-order valence-corrected chi connectivity index (χ4v) is 3.74. The van der Waals surface area contributed by atoms with Crippen LogP contribution in [0.1, 0.15) is 51.2 Å². The van der Waals surface area contributed by atoms with Gasteiger partial charge in [-0.25, -0.2) is 9.97 Å². The van der Waals surface area contributed by atoms with Gasteiger partial charge in [-0.1, -0.05) is 6.07 Å². The van der Waals surface area contributed by atoms with Crippen molar-refractivity contribution < 1.29 is 22.7 Å². The summed E-state index contributed by atoms with van der Waals surface area (Å²) in [5, 5.41) is 7.18. The van der Waals surface area contributed by atoms with Gasteiger partial charge in [-0.15, -0.1) is 0 Å². The number of H-pyrrole nitrogens is 1. The molecule has 0 aliphatic carbocycles. The Balaban J connectivity index is 1.37. The van der Waals surface area contributed by atoms with Gasteiger partial charge in [0, 0.05) is 25.2 Å². The molecule has 168 valence electrons. The highest BCUT2D eigenvalue weighted by Crippen LogP contribution is 2.32. The van der Waals surface area contributed by atoms with Crippen molar-refractivity contribution >= 4 is 5.91 Å². The smallest absolute Gasteiger partial charge is 0.416 e. The maximum Gasteiger partial charge on any atom is 0.416 e. The molecule has 1 amide bonds. The van der Waals surface area contributed by atoms with E-state index in [0.29, 0.717) is 35.9 Å². The molecule has 0 radical (unpaired) electrons. The molecular formula is C22H22F3N5O2. The topological polar surface area (TPSA) is 84.0 Å². The van der Waals surface area contributed by atoms with E-state index in [0.717, 1.165) is 24.2 Å². The van der Waals surface area contributed by atoms with Gasteiger partial charge in [0.15, 0.2) is 0 Å². The zero-order chi connectivity index (χ0) is 22.9. The van der Waals surface area contributed by atoms with Crippen LogP contribution < -0.4 is 4.74 Å². The zero-order valence-corrected chi connectivity index (χ0v) is 17.6. The third kappa shape index (κ3) is 4.74. The molecule has 7 nitrogen and oxygen atoms in total. The molecule has 0 bridgehead atoms. The van der Waals surface area contributed by atoms with Gasteiger partial charge in [0.25, 0.3) is 5.91 Å². The predicted molar refractivity (Wildman–Crippen MR) is 109 cm³/mol. The number of benzene rings is 1. The fraction of sp³-hybridized carbons (Fsp3) is 0.364. The van der Waals surface area contributed by atoms with Crippen molar-refractivity contribution in [2.45, 2.75) is 39.0 Å². The number of rotatable bonds is 5. The van der Waals surface area contributed by atoms with Crippen LogP contribution in [0.2, 0.25) is 0 Å². The van der Waals surface area contributed by atoms with E-state index in [-0.39, 0.29) is 24.2 Å². The second kappa shape index (κ2) is 8.60. The summed E-state index contributed by atoms with van der Waals surface area (Å²) in [6.45, 7) is 4.74. The number of carbonyl (C=O) groups is 1. The Labute approximate surface area is 182 Å². The van der Waals surface area contributed by atoms with E-state index < -0.39 is 11.7 Å². The molecule has 0 spiro atoms. The van der Waals surface area contributed by atoms with Crippen LogP contribution in [-0.2, 0) is 12.8 Å². The minimum atomic E-state index is -4.42. The van der Waals surface area contributed by atoms with Gasteiger partial charge in [0.2, 0.25) is 0 Å². The molecule has 1 aromatic carbocycles. The highest BCUT2D eigenvalue weighted by Gasteiger charge is 2.31. The molecule has 3 aromatic rings. The molecular weight excluding hydrogens is 423 g/mol.